The monoisotopic (exact) mass is 322 g/mol. The average molecular weight is 322 g/mol. The van der Waals surface area contributed by atoms with Crippen molar-refractivity contribution in [1.82, 2.24) is 0 Å². The Morgan fingerprint density at radius 1 is 1.17 bits per heavy atom. The molecule has 0 saturated heterocycles. The molecule has 0 aliphatic heterocycles. The number of nitrogens with zero attached hydrogens (tertiary/aromatic N) is 1. The Labute approximate surface area is 140 Å². The van der Waals surface area contributed by atoms with Crippen LogP contribution in [0.4, 0.5) is 0 Å². The molecule has 0 unspecified atom stereocenters. The largest absolute Gasteiger partial charge is 0.469 e. The van der Waals surface area contributed by atoms with Crippen LogP contribution >= 0.6 is 0 Å². The van der Waals surface area contributed by atoms with E-state index < -0.39 is 0 Å². The van der Waals surface area contributed by atoms with Gasteiger partial charge in [-0.15, -0.1) is 0 Å². The van der Waals surface area contributed by atoms with Crippen molar-refractivity contribution in [2.45, 2.75) is 12.8 Å². The standard InChI is InChI=1S/C19H18N2O3/c1-24-19(23)9-5-13-4-8-16(17(10-13)18(22)12-21)15-6-2-14(11-20)3-7-15/h2-4,6-8,10H,5,9,12,21H2,1H3. The van der Waals surface area contributed by atoms with E-state index in [4.69, 9.17) is 11.0 Å². The van der Waals surface area contributed by atoms with Crippen LogP contribution in [0, 0.1) is 11.3 Å². The number of carbonyl (C=O) groups is 2. The van der Waals surface area contributed by atoms with Gasteiger partial charge in [0.05, 0.1) is 25.3 Å². The zero-order valence-electron chi connectivity index (χ0n) is 13.4. The maximum atomic E-state index is 12.2. The zero-order valence-corrected chi connectivity index (χ0v) is 13.4. The van der Waals surface area contributed by atoms with Crippen LogP contribution in [0.1, 0.15) is 27.9 Å². The van der Waals surface area contributed by atoms with Crippen molar-refractivity contribution < 1.29 is 14.3 Å². The third-order valence-corrected chi connectivity index (χ3v) is 3.74. The van der Waals surface area contributed by atoms with Crippen LogP contribution in [0.3, 0.4) is 0 Å². The number of hydrogen-bond acceptors (Lipinski definition) is 5. The molecule has 2 N–H and O–H groups in total. The van der Waals surface area contributed by atoms with Crippen LogP contribution < -0.4 is 5.73 Å². The van der Waals surface area contributed by atoms with Crippen molar-refractivity contribution in [3.8, 4) is 17.2 Å². The van der Waals surface area contributed by atoms with Gasteiger partial charge in [0.15, 0.2) is 5.78 Å². The van der Waals surface area contributed by atoms with E-state index in [0.29, 0.717) is 17.5 Å². The second-order valence-electron chi connectivity index (χ2n) is 5.27. The predicted octanol–water partition coefficient (Wildman–Crippen LogP) is 2.47. The molecule has 0 atom stereocenters. The summed E-state index contributed by atoms with van der Waals surface area (Å²) in [5.41, 5.74) is 9.07. The fraction of sp³-hybridized carbons (Fsp3) is 0.211. The molecule has 5 heteroatoms. The van der Waals surface area contributed by atoms with Crippen LogP contribution in [0.2, 0.25) is 0 Å². The Morgan fingerprint density at radius 2 is 1.88 bits per heavy atom. The first kappa shape index (κ1) is 17.4. The molecule has 0 spiro atoms. The van der Waals surface area contributed by atoms with Crippen LogP contribution in [0.15, 0.2) is 42.5 Å². The third kappa shape index (κ3) is 4.06. The summed E-state index contributed by atoms with van der Waals surface area (Å²) in [6.07, 6.45) is 0.744. The molecule has 2 aromatic carbocycles. The summed E-state index contributed by atoms with van der Waals surface area (Å²) < 4.78 is 4.63. The second-order valence-corrected chi connectivity index (χ2v) is 5.27. The molecule has 2 rings (SSSR count). The summed E-state index contributed by atoms with van der Waals surface area (Å²) in [4.78, 5) is 23.5. The minimum Gasteiger partial charge on any atom is -0.469 e. The van der Waals surface area contributed by atoms with Crippen molar-refractivity contribution in [2.75, 3.05) is 13.7 Å². The second kappa shape index (κ2) is 8.04. The summed E-state index contributed by atoms with van der Waals surface area (Å²) in [5, 5.41) is 8.88. The lowest BCUT2D eigenvalue weighted by Crippen LogP contribution is -2.15. The van der Waals surface area contributed by atoms with Gasteiger partial charge in [-0.1, -0.05) is 24.3 Å². The van der Waals surface area contributed by atoms with E-state index in [1.54, 1.807) is 30.3 Å². The molecule has 0 aliphatic rings. The lowest BCUT2D eigenvalue weighted by molar-refractivity contribution is -0.140. The Kier molecular flexibility index (Phi) is 5.83. The summed E-state index contributed by atoms with van der Waals surface area (Å²) in [6.45, 7) is -0.0935. The normalized spacial score (nSPS) is 10.0. The Hall–Kier alpha value is -2.97. The molecular weight excluding hydrogens is 304 g/mol. The quantitative estimate of drug-likeness (QED) is 0.651. The lowest BCUT2D eigenvalue weighted by Gasteiger charge is -2.11. The summed E-state index contributed by atoms with van der Waals surface area (Å²) in [5.74, 6) is -0.466. The van der Waals surface area contributed by atoms with Crippen LogP contribution in [0.5, 0.6) is 0 Å². The number of esters is 1. The van der Waals surface area contributed by atoms with E-state index >= 15 is 0 Å². The average Bonchev–Trinajstić information content (AvgIpc) is 2.65. The lowest BCUT2D eigenvalue weighted by atomic mass is 9.93. The molecule has 0 saturated carbocycles. The van der Waals surface area contributed by atoms with Crippen molar-refractivity contribution in [2.24, 2.45) is 5.73 Å². The maximum Gasteiger partial charge on any atom is 0.305 e. The summed E-state index contributed by atoms with van der Waals surface area (Å²) in [6, 6.07) is 14.6. The molecule has 0 amide bonds. The molecule has 0 bridgehead atoms. The van der Waals surface area contributed by atoms with Crippen LogP contribution in [0.25, 0.3) is 11.1 Å². The highest BCUT2D eigenvalue weighted by atomic mass is 16.5. The molecule has 0 fully saturated rings. The number of nitriles is 1. The van der Waals surface area contributed by atoms with Gasteiger partial charge in [-0.25, -0.2) is 0 Å². The van der Waals surface area contributed by atoms with Gasteiger partial charge in [-0.2, -0.15) is 5.26 Å². The first-order valence-electron chi connectivity index (χ1n) is 7.52. The fourth-order valence-corrected chi connectivity index (χ4v) is 2.41. The molecular formula is C19H18N2O3. The Morgan fingerprint density at radius 3 is 2.46 bits per heavy atom. The van der Waals surface area contributed by atoms with Crippen LogP contribution in [-0.2, 0) is 16.0 Å². The number of aryl methyl sites for hydroxylation is 1. The molecule has 2 aromatic rings. The summed E-state index contributed by atoms with van der Waals surface area (Å²) in [7, 11) is 1.35. The van der Waals surface area contributed by atoms with Gasteiger partial charge in [0.25, 0.3) is 0 Å². The van der Waals surface area contributed by atoms with Gasteiger partial charge in [0.2, 0.25) is 0 Å². The van der Waals surface area contributed by atoms with Crippen molar-refractivity contribution in [3.05, 3.63) is 59.2 Å². The number of rotatable bonds is 6. The van der Waals surface area contributed by atoms with E-state index in [2.05, 4.69) is 10.8 Å². The van der Waals surface area contributed by atoms with E-state index in [-0.39, 0.29) is 24.7 Å². The number of ketones is 1. The first-order valence-corrected chi connectivity index (χ1v) is 7.52. The van der Waals surface area contributed by atoms with Gasteiger partial charge >= 0.3 is 5.97 Å². The fourth-order valence-electron chi connectivity index (χ4n) is 2.41. The number of nitrogens with two attached hydrogens (primary N) is 1. The van der Waals surface area contributed by atoms with Gasteiger partial charge in [0, 0.05) is 12.0 Å². The number of hydrogen-bond donors (Lipinski definition) is 1. The van der Waals surface area contributed by atoms with Crippen molar-refractivity contribution in [3.63, 3.8) is 0 Å². The number of methoxy groups -OCH3 is 1. The number of benzene rings is 2. The molecule has 24 heavy (non-hydrogen) atoms. The van der Waals surface area contributed by atoms with Gasteiger partial charge in [-0.3, -0.25) is 9.59 Å². The topological polar surface area (TPSA) is 93.2 Å². The number of ether oxygens (including phenoxy) is 1. The predicted molar refractivity (Wildman–Crippen MR) is 90.3 cm³/mol. The molecule has 122 valence electrons. The highest BCUT2D eigenvalue weighted by Gasteiger charge is 2.13. The molecule has 5 nitrogen and oxygen atoms in total. The van der Waals surface area contributed by atoms with Gasteiger partial charge < -0.3 is 10.5 Å². The molecule has 0 radical (unpaired) electrons. The maximum absolute atomic E-state index is 12.2. The van der Waals surface area contributed by atoms with Crippen LogP contribution in [-0.4, -0.2) is 25.4 Å². The minimum absolute atomic E-state index is 0.0935. The van der Waals surface area contributed by atoms with E-state index in [1.807, 2.05) is 12.1 Å². The highest BCUT2D eigenvalue weighted by molar-refractivity contribution is 6.03. The third-order valence-electron chi connectivity index (χ3n) is 3.74. The smallest absolute Gasteiger partial charge is 0.305 e. The van der Waals surface area contributed by atoms with E-state index in [9.17, 15) is 9.59 Å². The van der Waals surface area contributed by atoms with Gasteiger partial charge in [-0.05, 0) is 41.3 Å². The highest BCUT2D eigenvalue weighted by Crippen LogP contribution is 2.26. The molecule has 0 aromatic heterocycles. The van der Waals surface area contributed by atoms with E-state index in [1.165, 1.54) is 7.11 Å². The van der Waals surface area contributed by atoms with Gasteiger partial charge in [0.1, 0.15) is 0 Å². The summed E-state index contributed by atoms with van der Waals surface area (Å²) >= 11 is 0. The van der Waals surface area contributed by atoms with Crippen molar-refractivity contribution >= 4 is 11.8 Å². The Bertz CT molecular complexity index is 789. The number of carbonyl (C=O) groups excluding carboxylic acids is 2. The SMILES string of the molecule is COC(=O)CCc1ccc(-c2ccc(C#N)cc2)c(C(=O)CN)c1. The number of Topliss-reactive ketones (excluding diaryl/α,β-unsaturated/α-hetero) is 1. The molecule has 0 aliphatic carbocycles. The molecule has 0 heterocycles. The zero-order chi connectivity index (χ0) is 17.5. The first-order chi connectivity index (χ1) is 11.6. The van der Waals surface area contributed by atoms with Crippen molar-refractivity contribution in [1.29, 1.82) is 5.26 Å². The van der Waals surface area contributed by atoms with E-state index in [0.717, 1.165) is 16.7 Å². The minimum atomic E-state index is -0.294. The Balaban J connectivity index is 2.38.